The van der Waals surface area contributed by atoms with Gasteiger partial charge in [0.05, 0.1) is 5.52 Å². The maximum atomic E-state index is 15.2. The number of nitrogens with zero attached hydrogens (tertiary/aromatic N) is 1. The third-order valence-corrected chi connectivity index (χ3v) is 5.61. The van der Waals surface area contributed by atoms with E-state index in [4.69, 9.17) is 0 Å². The number of hydrogen-bond acceptors (Lipinski definition) is 2. The van der Waals surface area contributed by atoms with Crippen molar-refractivity contribution in [3.8, 4) is 0 Å². The summed E-state index contributed by atoms with van der Waals surface area (Å²) in [5.41, 5.74) is 5.92. The van der Waals surface area contributed by atoms with Gasteiger partial charge in [-0.2, -0.15) is 0 Å². The van der Waals surface area contributed by atoms with Crippen molar-refractivity contribution >= 4 is 16.8 Å². The first-order valence-electron chi connectivity index (χ1n) is 10.5. The molecule has 0 spiro atoms. The fourth-order valence-corrected chi connectivity index (χ4v) is 3.84. The summed E-state index contributed by atoms with van der Waals surface area (Å²) in [7, 11) is 0. The van der Waals surface area contributed by atoms with E-state index in [1.165, 1.54) is 11.1 Å². The van der Waals surface area contributed by atoms with Crippen molar-refractivity contribution in [2.24, 2.45) is 0 Å². The Morgan fingerprint density at radius 1 is 0.968 bits per heavy atom. The van der Waals surface area contributed by atoms with Crippen molar-refractivity contribution < 1.29 is 9.18 Å². The van der Waals surface area contributed by atoms with Crippen LogP contribution in [0.25, 0.3) is 10.9 Å². The topological polar surface area (TPSA) is 42.0 Å². The number of halogens is 1. The Morgan fingerprint density at radius 2 is 1.84 bits per heavy atom. The van der Waals surface area contributed by atoms with Gasteiger partial charge >= 0.3 is 0 Å². The van der Waals surface area contributed by atoms with Crippen molar-refractivity contribution in [2.45, 2.75) is 33.2 Å². The molecule has 1 amide bonds. The Bertz CT molecular complexity index is 1250. The van der Waals surface area contributed by atoms with Crippen LogP contribution in [0.2, 0.25) is 0 Å². The number of aromatic nitrogens is 1. The SMILES string of the molecule is Cc1cccc(CCc2c(C)ccc(CNC(=O)c3ccc4ncccc4c3)c2F)c1. The van der Waals surface area contributed by atoms with Gasteiger partial charge in [-0.05, 0) is 67.6 Å². The molecule has 3 aromatic carbocycles. The molecule has 31 heavy (non-hydrogen) atoms. The summed E-state index contributed by atoms with van der Waals surface area (Å²) in [6.45, 7) is 4.14. The van der Waals surface area contributed by atoms with E-state index in [9.17, 15) is 4.79 Å². The van der Waals surface area contributed by atoms with E-state index in [0.29, 0.717) is 23.1 Å². The average molecular weight is 413 g/mol. The lowest BCUT2D eigenvalue weighted by Gasteiger charge is -2.13. The number of pyridine rings is 1. The Kier molecular flexibility index (Phi) is 6.08. The highest BCUT2D eigenvalue weighted by molar-refractivity contribution is 5.97. The Morgan fingerprint density at radius 3 is 2.68 bits per heavy atom. The second-order valence-electron chi connectivity index (χ2n) is 7.92. The van der Waals surface area contributed by atoms with Crippen LogP contribution in [0.4, 0.5) is 4.39 Å². The van der Waals surface area contributed by atoms with E-state index < -0.39 is 0 Å². The molecule has 0 saturated carbocycles. The van der Waals surface area contributed by atoms with Gasteiger partial charge in [-0.3, -0.25) is 9.78 Å². The Balaban J connectivity index is 1.46. The average Bonchev–Trinajstić information content (AvgIpc) is 2.78. The summed E-state index contributed by atoms with van der Waals surface area (Å²) >= 11 is 0. The molecule has 1 aromatic heterocycles. The normalized spacial score (nSPS) is 10.9. The molecule has 4 rings (SSSR count). The van der Waals surface area contributed by atoms with Crippen LogP contribution >= 0.6 is 0 Å². The number of rotatable bonds is 6. The molecule has 0 unspecified atom stereocenters. The predicted molar refractivity (Wildman–Crippen MR) is 123 cm³/mol. The molecule has 0 aliphatic rings. The molecule has 4 heteroatoms. The summed E-state index contributed by atoms with van der Waals surface area (Å²) in [5.74, 6) is -0.456. The zero-order valence-electron chi connectivity index (χ0n) is 17.8. The molecule has 156 valence electrons. The largest absolute Gasteiger partial charge is 0.348 e. The van der Waals surface area contributed by atoms with E-state index >= 15 is 4.39 Å². The summed E-state index contributed by atoms with van der Waals surface area (Å²) in [6.07, 6.45) is 3.12. The lowest BCUT2D eigenvalue weighted by atomic mass is 9.97. The van der Waals surface area contributed by atoms with Crippen LogP contribution in [-0.2, 0) is 19.4 Å². The van der Waals surface area contributed by atoms with Gasteiger partial charge in [-0.25, -0.2) is 4.39 Å². The Hall–Kier alpha value is -3.53. The highest BCUT2D eigenvalue weighted by Crippen LogP contribution is 2.20. The van der Waals surface area contributed by atoms with Crippen LogP contribution in [0, 0.1) is 19.7 Å². The minimum atomic E-state index is -0.230. The molecule has 4 aromatic rings. The van der Waals surface area contributed by atoms with Gasteiger partial charge in [-0.1, -0.05) is 48.0 Å². The minimum Gasteiger partial charge on any atom is -0.348 e. The number of benzene rings is 3. The molecule has 3 nitrogen and oxygen atoms in total. The second-order valence-corrected chi connectivity index (χ2v) is 7.92. The standard InChI is InChI=1S/C27H25FN2O/c1-18-5-3-6-20(15-18)9-12-24-19(2)8-10-23(26(24)28)17-30-27(31)22-11-13-25-21(16-22)7-4-14-29-25/h3-8,10-11,13-16H,9,12,17H2,1-2H3,(H,30,31). The molecule has 1 heterocycles. The third-order valence-electron chi connectivity index (χ3n) is 5.61. The molecule has 0 fully saturated rings. The summed E-state index contributed by atoms with van der Waals surface area (Å²) in [5, 5.41) is 3.75. The fourth-order valence-electron chi connectivity index (χ4n) is 3.84. The zero-order chi connectivity index (χ0) is 21.8. The molecule has 0 saturated heterocycles. The quantitative estimate of drug-likeness (QED) is 0.441. The first kappa shape index (κ1) is 20.7. The number of nitrogens with one attached hydrogen (secondary N) is 1. The molecule has 1 N–H and O–H groups in total. The molecule has 0 bridgehead atoms. The van der Waals surface area contributed by atoms with Crippen LogP contribution in [-0.4, -0.2) is 10.9 Å². The molecule has 0 radical (unpaired) electrons. The van der Waals surface area contributed by atoms with Gasteiger partial charge in [0.2, 0.25) is 0 Å². The van der Waals surface area contributed by atoms with E-state index in [-0.39, 0.29) is 18.3 Å². The Labute approximate surface area is 182 Å². The first-order valence-corrected chi connectivity index (χ1v) is 10.5. The number of aryl methyl sites for hydroxylation is 3. The first-order chi connectivity index (χ1) is 15.0. The minimum absolute atomic E-state index is 0.146. The van der Waals surface area contributed by atoms with Gasteiger partial charge in [-0.15, -0.1) is 0 Å². The van der Waals surface area contributed by atoms with Gasteiger partial charge in [0.15, 0.2) is 0 Å². The smallest absolute Gasteiger partial charge is 0.251 e. The van der Waals surface area contributed by atoms with Crippen molar-refractivity contribution in [1.82, 2.24) is 10.3 Å². The number of carbonyl (C=O) groups is 1. The molecule has 0 aliphatic carbocycles. The van der Waals surface area contributed by atoms with Crippen LogP contribution in [0.15, 0.2) is 72.9 Å². The van der Waals surface area contributed by atoms with Crippen molar-refractivity contribution in [1.29, 1.82) is 0 Å². The highest BCUT2D eigenvalue weighted by Gasteiger charge is 2.13. The lowest BCUT2D eigenvalue weighted by Crippen LogP contribution is -2.23. The maximum Gasteiger partial charge on any atom is 0.251 e. The molecule has 0 atom stereocenters. The zero-order valence-corrected chi connectivity index (χ0v) is 17.8. The van der Waals surface area contributed by atoms with Crippen LogP contribution in [0.3, 0.4) is 0 Å². The van der Waals surface area contributed by atoms with Gasteiger partial charge in [0.1, 0.15) is 5.82 Å². The molecular weight excluding hydrogens is 387 g/mol. The van der Waals surface area contributed by atoms with Crippen LogP contribution in [0.5, 0.6) is 0 Å². The van der Waals surface area contributed by atoms with Crippen LogP contribution < -0.4 is 5.32 Å². The lowest BCUT2D eigenvalue weighted by molar-refractivity contribution is 0.0950. The summed E-state index contributed by atoms with van der Waals surface area (Å²) in [6, 6.07) is 21.1. The van der Waals surface area contributed by atoms with Crippen molar-refractivity contribution in [2.75, 3.05) is 0 Å². The van der Waals surface area contributed by atoms with E-state index in [2.05, 4.69) is 35.4 Å². The van der Waals surface area contributed by atoms with E-state index in [1.54, 1.807) is 24.4 Å². The second kappa shape index (κ2) is 9.09. The number of hydrogen-bond donors (Lipinski definition) is 1. The van der Waals surface area contributed by atoms with E-state index in [1.807, 2.05) is 37.3 Å². The maximum absolute atomic E-state index is 15.2. The number of carbonyl (C=O) groups excluding carboxylic acids is 1. The van der Waals surface area contributed by atoms with Gasteiger partial charge in [0, 0.05) is 29.3 Å². The molecular formula is C27H25FN2O. The third kappa shape index (κ3) is 4.80. The van der Waals surface area contributed by atoms with Gasteiger partial charge in [0.25, 0.3) is 5.91 Å². The highest BCUT2D eigenvalue weighted by atomic mass is 19.1. The summed E-state index contributed by atoms with van der Waals surface area (Å²) in [4.78, 5) is 16.9. The van der Waals surface area contributed by atoms with Crippen LogP contribution in [0.1, 0.15) is 38.2 Å². The van der Waals surface area contributed by atoms with Crippen molar-refractivity contribution in [3.63, 3.8) is 0 Å². The fraction of sp³-hybridized carbons (Fsp3) is 0.185. The van der Waals surface area contributed by atoms with Crippen molar-refractivity contribution in [3.05, 3.63) is 112 Å². The predicted octanol–water partition coefficient (Wildman–Crippen LogP) is 5.71. The summed E-state index contributed by atoms with van der Waals surface area (Å²) < 4.78 is 15.2. The van der Waals surface area contributed by atoms with E-state index in [0.717, 1.165) is 22.9 Å². The number of fused-ring (bicyclic) bond motifs is 1. The monoisotopic (exact) mass is 412 g/mol. The van der Waals surface area contributed by atoms with Gasteiger partial charge < -0.3 is 5.32 Å². The molecule has 0 aliphatic heterocycles. The number of amides is 1.